The molecule has 8 nitrogen and oxygen atoms in total. The second-order valence-corrected chi connectivity index (χ2v) is 13.0. The molecule has 0 aliphatic carbocycles. The van der Waals surface area contributed by atoms with Crippen LogP contribution in [0.15, 0.2) is 66.9 Å². The van der Waals surface area contributed by atoms with Crippen LogP contribution >= 0.6 is 0 Å². The van der Waals surface area contributed by atoms with Gasteiger partial charge in [-0.3, -0.25) is 9.88 Å². The molecule has 8 heteroatoms. The third-order valence-corrected chi connectivity index (χ3v) is 9.89. The van der Waals surface area contributed by atoms with Crippen LogP contribution in [-0.2, 0) is 6.42 Å². The minimum absolute atomic E-state index is 0.124. The minimum Gasteiger partial charge on any atom is -0.508 e. The topological polar surface area (TPSA) is 86.6 Å². The number of aryl methyl sites for hydroxylation is 1. The number of phenolic OH excluding ortho intramolecular Hbond substituents is 1. The maximum atomic E-state index is 10.6. The Morgan fingerprint density at radius 1 is 1.05 bits per heavy atom. The summed E-state index contributed by atoms with van der Waals surface area (Å²) in [6, 6.07) is 13.2. The summed E-state index contributed by atoms with van der Waals surface area (Å²) in [5.41, 5.74) is 6.05. The Balaban J connectivity index is 1.23. The summed E-state index contributed by atoms with van der Waals surface area (Å²) in [7, 11) is 0. The number of nitrogens with one attached hydrogen (secondary N) is 1. The second kappa shape index (κ2) is 10.0. The Bertz CT molecular complexity index is 1770. The first-order valence-corrected chi connectivity index (χ1v) is 15.5. The van der Waals surface area contributed by atoms with Gasteiger partial charge in [-0.05, 0) is 66.6 Å². The third kappa shape index (κ3) is 4.55. The fourth-order valence-electron chi connectivity index (χ4n) is 8.05. The van der Waals surface area contributed by atoms with Crippen LogP contribution in [0.1, 0.15) is 38.2 Å². The van der Waals surface area contributed by atoms with E-state index in [1.807, 2.05) is 36.5 Å². The highest BCUT2D eigenvalue weighted by Crippen LogP contribution is 2.43. The van der Waals surface area contributed by atoms with E-state index in [1.54, 1.807) is 0 Å². The van der Waals surface area contributed by atoms with Crippen molar-refractivity contribution in [3.8, 4) is 23.0 Å². The zero-order chi connectivity index (χ0) is 29.3. The van der Waals surface area contributed by atoms with Gasteiger partial charge in [0.1, 0.15) is 18.2 Å². The van der Waals surface area contributed by atoms with Gasteiger partial charge in [0.25, 0.3) is 0 Å². The highest BCUT2D eigenvalue weighted by Gasteiger charge is 2.48. The van der Waals surface area contributed by atoms with Crippen LogP contribution in [0, 0.1) is 0 Å². The molecule has 2 atom stereocenters. The molecular weight excluding hydrogens is 536 g/mol. The molecule has 0 amide bonds. The molecule has 220 valence electrons. The standard InChI is InChI=1S/C35H38N6O2/c1-4-23-6-5-7-24-10-27(42)11-28(32(23)24)30-12-31-29(15-36-30)33(40-18-25-8-9-26(19-40)37-25)39-34(38-31)43-20-35-13-21(2)16-41(35)17-22(3)14-35/h5-7,10-12,15,25-26,37,42H,2-4,8-9,13-14,16-20H2,1H3/t25-,26+. The van der Waals surface area contributed by atoms with Crippen molar-refractivity contribution < 1.29 is 9.84 Å². The summed E-state index contributed by atoms with van der Waals surface area (Å²) in [5.74, 6) is 1.11. The Hall–Kier alpha value is -4.01. The maximum absolute atomic E-state index is 10.6. The molecule has 43 heavy (non-hydrogen) atoms. The molecule has 8 rings (SSSR count). The van der Waals surface area contributed by atoms with Crippen LogP contribution in [0.4, 0.5) is 5.82 Å². The molecular formula is C35H38N6O2. The lowest BCUT2D eigenvalue weighted by molar-refractivity contribution is 0.108. The molecule has 6 heterocycles. The summed E-state index contributed by atoms with van der Waals surface area (Å²) in [6.07, 6.45) is 6.98. The summed E-state index contributed by atoms with van der Waals surface area (Å²) in [5, 5.41) is 17.4. The van der Waals surface area contributed by atoms with E-state index in [4.69, 9.17) is 19.7 Å². The first-order chi connectivity index (χ1) is 20.9. The van der Waals surface area contributed by atoms with Gasteiger partial charge in [0.15, 0.2) is 0 Å². The number of benzene rings is 2. The van der Waals surface area contributed by atoms with E-state index in [2.05, 4.69) is 41.3 Å². The van der Waals surface area contributed by atoms with Crippen molar-refractivity contribution in [3.05, 3.63) is 72.5 Å². The number of aromatic nitrogens is 3. The first kappa shape index (κ1) is 26.6. The molecule has 2 aromatic carbocycles. The number of rotatable bonds is 6. The van der Waals surface area contributed by atoms with Gasteiger partial charge >= 0.3 is 6.01 Å². The molecule has 2 N–H and O–H groups in total. The number of hydrogen-bond donors (Lipinski definition) is 2. The third-order valence-electron chi connectivity index (χ3n) is 9.89. The number of fused-ring (bicyclic) bond motifs is 5. The number of aromatic hydroxyl groups is 1. The number of phenols is 1. The fraction of sp³-hybridized carbons (Fsp3) is 0.400. The Morgan fingerprint density at radius 3 is 2.56 bits per heavy atom. The van der Waals surface area contributed by atoms with Gasteiger partial charge in [-0.25, -0.2) is 0 Å². The van der Waals surface area contributed by atoms with E-state index in [0.29, 0.717) is 24.7 Å². The van der Waals surface area contributed by atoms with E-state index in [-0.39, 0.29) is 11.3 Å². The highest BCUT2D eigenvalue weighted by molar-refractivity contribution is 6.01. The monoisotopic (exact) mass is 574 g/mol. The lowest BCUT2D eigenvalue weighted by atomic mass is 9.92. The summed E-state index contributed by atoms with van der Waals surface area (Å²) in [6.45, 7) is 14.8. The lowest BCUT2D eigenvalue weighted by Gasteiger charge is -2.34. The average Bonchev–Trinajstić information content (AvgIpc) is 3.60. The van der Waals surface area contributed by atoms with E-state index in [9.17, 15) is 5.11 Å². The van der Waals surface area contributed by atoms with Crippen LogP contribution < -0.4 is 15.0 Å². The van der Waals surface area contributed by atoms with Crippen LogP contribution in [0.5, 0.6) is 11.8 Å². The van der Waals surface area contributed by atoms with Gasteiger partial charge in [0, 0.05) is 50.0 Å². The fourth-order valence-corrected chi connectivity index (χ4v) is 8.05. The molecule has 0 saturated carbocycles. The smallest absolute Gasteiger partial charge is 0.319 e. The normalized spacial score (nSPS) is 23.0. The average molecular weight is 575 g/mol. The largest absolute Gasteiger partial charge is 0.508 e. The molecule has 4 aliphatic rings. The quantitative estimate of drug-likeness (QED) is 0.297. The molecule has 2 bridgehead atoms. The predicted molar refractivity (Wildman–Crippen MR) is 171 cm³/mol. The van der Waals surface area contributed by atoms with E-state index in [1.165, 1.54) is 29.6 Å². The number of nitrogens with zero attached hydrogens (tertiary/aromatic N) is 5. The van der Waals surface area contributed by atoms with Gasteiger partial charge in [-0.15, -0.1) is 0 Å². The lowest BCUT2D eigenvalue weighted by Crippen LogP contribution is -2.51. The molecule has 0 unspecified atom stereocenters. The van der Waals surface area contributed by atoms with Crippen molar-refractivity contribution >= 4 is 27.5 Å². The molecule has 0 radical (unpaired) electrons. The Kier molecular flexibility index (Phi) is 6.21. The molecule has 4 saturated heterocycles. The number of ether oxygens (including phenoxy) is 1. The summed E-state index contributed by atoms with van der Waals surface area (Å²) < 4.78 is 6.52. The Labute approximate surface area is 252 Å². The van der Waals surface area contributed by atoms with Crippen molar-refractivity contribution in [1.82, 2.24) is 25.2 Å². The van der Waals surface area contributed by atoms with Crippen molar-refractivity contribution in [3.63, 3.8) is 0 Å². The zero-order valence-corrected chi connectivity index (χ0v) is 24.8. The molecule has 4 aliphatic heterocycles. The maximum Gasteiger partial charge on any atom is 0.319 e. The van der Waals surface area contributed by atoms with Gasteiger partial charge in [0.2, 0.25) is 0 Å². The van der Waals surface area contributed by atoms with Gasteiger partial charge in [-0.1, -0.05) is 49.4 Å². The van der Waals surface area contributed by atoms with Crippen LogP contribution in [0.3, 0.4) is 0 Å². The van der Waals surface area contributed by atoms with Crippen molar-refractivity contribution in [2.45, 2.75) is 56.7 Å². The van der Waals surface area contributed by atoms with E-state index < -0.39 is 0 Å². The van der Waals surface area contributed by atoms with Crippen molar-refractivity contribution in [2.24, 2.45) is 0 Å². The number of piperazine rings is 1. The molecule has 2 aromatic heterocycles. The van der Waals surface area contributed by atoms with Crippen LogP contribution in [0.25, 0.3) is 32.9 Å². The van der Waals surface area contributed by atoms with E-state index >= 15 is 0 Å². The van der Waals surface area contributed by atoms with E-state index in [0.717, 1.165) is 84.2 Å². The highest BCUT2D eigenvalue weighted by atomic mass is 16.5. The molecule has 4 fully saturated rings. The van der Waals surface area contributed by atoms with Crippen molar-refractivity contribution in [1.29, 1.82) is 0 Å². The number of pyridine rings is 1. The number of hydrogen-bond acceptors (Lipinski definition) is 8. The first-order valence-electron chi connectivity index (χ1n) is 15.5. The van der Waals surface area contributed by atoms with Gasteiger partial charge in [0.05, 0.1) is 22.1 Å². The summed E-state index contributed by atoms with van der Waals surface area (Å²) >= 11 is 0. The predicted octanol–water partition coefficient (Wildman–Crippen LogP) is 5.39. The van der Waals surface area contributed by atoms with Crippen molar-refractivity contribution in [2.75, 3.05) is 37.7 Å². The minimum atomic E-state index is -0.124. The SMILES string of the molecule is C=C1CN2CC(=C)CC2(COc2nc(N3C[C@H]4CC[C@@H](C3)N4)c3cnc(-c4cc(O)cc5cccc(CC)c45)cc3n2)C1. The molecule has 4 aromatic rings. The Morgan fingerprint density at radius 2 is 1.81 bits per heavy atom. The zero-order valence-electron chi connectivity index (χ0n) is 24.8. The summed E-state index contributed by atoms with van der Waals surface area (Å²) in [4.78, 5) is 19.8. The number of anilines is 1. The van der Waals surface area contributed by atoms with Crippen LogP contribution in [0.2, 0.25) is 0 Å². The van der Waals surface area contributed by atoms with Gasteiger partial charge in [-0.2, -0.15) is 9.97 Å². The second-order valence-electron chi connectivity index (χ2n) is 13.0. The van der Waals surface area contributed by atoms with Gasteiger partial charge < -0.3 is 20.1 Å². The van der Waals surface area contributed by atoms with Crippen LogP contribution in [-0.4, -0.2) is 75.4 Å². The molecule has 0 spiro atoms.